The van der Waals surface area contributed by atoms with E-state index in [-0.39, 0.29) is 11.9 Å². The van der Waals surface area contributed by atoms with E-state index in [1.54, 1.807) is 26.8 Å². The summed E-state index contributed by atoms with van der Waals surface area (Å²) < 4.78 is 1.91. The number of rotatable bonds is 4. The van der Waals surface area contributed by atoms with Crippen molar-refractivity contribution in [2.45, 2.75) is 52.3 Å². The minimum atomic E-state index is -0.636. The topological polar surface area (TPSA) is 54.3 Å². The molecule has 0 saturated carbocycles. The number of nitrogens with one attached hydrogen (secondary N) is 1. The molecule has 0 saturated heterocycles. The van der Waals surface area contributed by atoms with Gasteiger partial charge in [0.05, 0.1) is 11.6 Å². The molecular weight excluding hydrogens is 216 g/mol. The van der Waals surface area contributed by atoms with E-state index >= 15 is 0 Å². The fourth-order valence-electron chi connectivity index (χ4n) is 1.50. The Balaban J connectivity index is 2.87. The van der Waals surface area contributed by atoms with E-state index in [1.807, 2.05) is 30.7 Å². The van der Waals surface area contributed by atoms with E-state index in [2.05, 4.69) is 5.32 Å². The van der Waals surface area contributed by atoms with Crippen LogP contribution < -0.4 is 5.32 Å². The maximum Gasteiger partial charge on any atom is 0.268 e. The summed E-state index contributed by atoms with van der Waals surface area (Å²) in [5, 5.41) is 12.4. The van der Waals surface area contributed by atoms with Crippen LogP contribution in [0, 0.1) is 0 Å². The minimum Gasteiger partial charge on any atom is -0.391 e. The van der Waals surface area contributed by atoms with Crippen molar-refractivity contribution in [1.29, 1.82) is 0 Å². The number of nitrogens with zero attached hydrogens (tertiary/aromatic N) is 1. The van der Waals surface area contributed by atoms with Crippen LogP contribution in [-0.4, -0.2) is 27.2 Å². The predicted octanol–water partition coefficient (Wildman–Crippen LogP) is 1.96. The highest BCUT2D eigenvalue weighted by Crippen LogP contribution is 2.14. The van der Waals surface area contributed by atoms with Gasteiger partial charge in [-0.2, -0.15) is 0 Å². The van der Waals surface area contributed by atoms with Gasteiger partial charge in [0, 0.05) is 12.2 Å². The standard InChI is InChI=1S/C13H22N2O2/c1-9(2)15-8-6-7-11(15)12(17)14-13(4,5)10(3)16/h6-10,16H,1-5H3,(H,14,17). The van der Waals surface area contributed by atoms with E-state index < -0.39 is 11.6 Å². The number of hydrogen-bond donors (Lipinski definition) is 2. The van der Waals surface area contributed by atoms with Crippen LogP contribution in [0.1, 0.15) is 51.1 Å². The average Bonchev–Trinajstić information content (AvgIpc) is 2.64. The van der Waals surface area contributed by atoms with Crippen LogP contribution in [0.5, 0.6) is 0 Å². The molecule has 0 aromatic carbocycles. The number of carbonyl (C=O) groups excluding carboxylic acids is 1. The zero-order valence-electron chi connectivity index (χ0n) is 11.2. The van der Waals surface area contributed by atoms with Crippen molar-refractivity contribution >= 4 is 5.91 Å². The molecule has 1 atom stereocenters. The van der Waals surface area contributed by atoms with Crippen molar-refractivity contribution in [3.63, 3.8) is 0 Å². The summed E-state index contributed by atoms with van der Waals surface area (Å²) in [6.45, 7) is 9.32. The summed E-state index contributed by atoms with van der Waals surface area (Å²) in [5.41, 5.74) is -0.0166. The summed E-state index contributed by atoms with van der Waals surface area (Å²) >= 11 is 0. The highest BCUT2D eigenvalue weighted by atomic mass is 16.3. The molecule has 1 unspecified atom stereocenters. The van der Waals surface area contributed by atoms with Crippen LogP contribution in [0.2, 0.25) is 0 Å². The summed E-state index contributed by atoms with van der Waals surface area (Å²) in [7, 11) is 0. The lowest BCUT2D eigenvalue weighted by molar-refractivity contribution is 0.0701. The Hall–Kier alpha value is -1.29. The normalized spacial score (nSPS) is 13.8. The van der Waals surface area contributed by atoms with Crippen molar-refractivity contribution in [3.05, 3.63) is 24.0 Å². The number of aliphatic hydroxyl groups is 1. The lowest BCUT2D eigenvalue weighted by Gasteiger charge is -2.29. The lowest BCUT2D eigenvalue weighted by atomic mass is 9.98. The molecule has 1 heterocycles. The molecule has 0 radical (unpaired) electrons. The minimum absolute atomic E-state index is 0.158. The Morgan fingerprint density at radius 3 is 2.47 bits per heavy atom. The lowest BCUT2D eigenvalue weighted by Crippen LogP contribution is -2.51. The maximum atomic E-state index is 12.1. The van der Waals surface area contributed by atoms with Crippen LogP contribution in [0.4, 0.5) is 0 Å². The Kier molecular flexibility index (Phi) is 3.98. The zero-order valence-corrected chi connectivity index (χ0v) is 11.2. The molecule has 4 nitrogen and oxygen atoms in total. The van der Waals surface area contributed by atoms with Gasteiger partial charge in [-0.3, -0.25) is 4.79 Å². The molecule has 0 aliphatic rings. The first kappa shape index (κ1) is 13.8. The van der Waals surface area contributed by atoms with Gasteiger partial charge in [-0.05, 0) is 46.8 Å². The quantitative estimate of drug-likeness (QED) is 0.842. The number of carbonyl (C=O) groups is 1. The number of amides is 1. The van der Waals surface area contributed by atoms with Gasteiger partial charge < -0.3 is 15.0 Å². The van der Waals surface area contributed by atoms with Crippen LogP contribution in [0.3, 0.4) is 0 Å². The summed E-state index contributed by atoms with van der Waals surface area (Å²) in [5.74, 6) is -0.158. The third-order valence-electron chi connectivity index (χ3n) is 3.05. The van der Waals surface area contributed by atoms with Crippen LogP contribution in [-0.2, 0) is 0 Å². The molecule has 4 heteroatoms. The first-order valence-corrected chi connectivity index (χ1v) is 5.93. The second-order valence-corrected chi connectivity index (χ2v) is 5.25. The maximum absolute atomic E-state index is 12.1. The van der Waals surface area contributed by atoms with Gasteiger partial charge in [0.2, 0.25) is 0 Å². The zero-order chi connectivity index (χ0) is 13.2. The van der Waals surface area contributed by atoms with Gasteiger partial charge in [0.15, 0.2) is 0 Å². The molecule has 1 rings (SSSR count). The van der Waals surface area contributed by atoms with E-state index in [1.165, 1.54) is 0 Å². The van der Waals surface area contributed by atoms with Gasteiger partial charge >= 0.3 is 0 Å². The molecule has 1 aromatic heterocycles. The van der Waals surface area contributed by atoms with E-state index in [0.717, 1.165) is 0 Å². The average molecular weight is 238 g/mol. The monoisotopic (exact) mass is 238 g/mol. The smallest absolute Gasteiger partial charge is 0.268 e. The van der Waals surface area contributed by atoms with Crippen LogP contribution in [0.15, 0.2) is 18.3 Å². The molecule has 0 fully saturated rings. The fraction of sp³-hybridized carbons (Fsp3) is 0.615. The Labute approximate surface area is 103 Å². The van der Waals surface area contributed by atoms with E-state index in [0.29, 0.717) is 5.69 Å². The number of aromatic nitrogens is 1. The third kappa shape index (κ3) is 3.09. The largest absolute Gasteiger partial charge is 0.391 e. The highest BCUT2D eigenvalue weighted by molar-refractivity contribution is 5.93. The third-order valence-corrected chi connectivity index (χ3v) is 3.05. The molecule has 0 aliphatic carbocycles. The van der Waals surface area contributed by atoms with Crippen LogP contribution >= 0.6 is 0 Å². The Morgan fingerprint density at radius 2 is 2.00 bits per heavy atom. The van der Waals surface area contributed by atoms with Crippen molar-refractivity contribution in [2.75, 3.05) is 0 Å². The van der Waals surface area contributed by atoms with E-state index in [4.69, 9.17) is 0 Å². The van der Waals surface area contributed by atoms with Gasteiger partial charge in [-0.15, -0.1) is 0 Å². The molecule has 0 aliphatic heterocycles. The molecule has 0 bridgehead atoms. The first-order chi connectivity index (χ1) is 7.75. The molecular formula is C13H22N2O2. The van der Waals surface area contributed by atoms with Crippen molar-refractivity contribution < 1.29 is 9.90 Å². The van der Waals surface area contributed by atoms with Crippen LogP contribution in [0.25, 0.3) is 0 Å². The summed E-state index contributed by atoms with van der Waals surface area (Å²) in [4.78, 5) is 12.1. The molecule has 2 N–H and O–H groups in total. The van der Waals surface area contributed by atoms with Gasteiger partial charge in [0.25, 0.3) is 5.91 Å². The Morgan fingerprint density at radius 1 is 1.41 bits per heavy atom. The second kappa shape index (κ2) is 4.92. The summed E-state index contributed by atoms with van der Waals surface area (Å²) in [6, 6.07) is 3.87. The molecule has 1 amide bonds. The predicted molar refractivity (Wildman–Crippen MR) is 68.0 cm³/mol. The van der Waals surface area contributed by atoms with Gasteiger partial charge in [-0.25, -0.2) is 0 Å². The number of hydrogen-bond acceptors (Lipinski definition) is 2. The Bertz CT molecular complexity index is 392. The molecule has 1 aromatic rings. The van der Waals surface area contributed by atoms with Crippen molar-refractivity contribution in [2.24, 2.45) is 0 Å². The van der Waals surface area contributed by atoms with E-state index in [9.17, 15) is 9.90 Å². The van der Waals surface area contributed by atoms with Gasteiger partial charge in [-0.1, -0.05) is 0 Å². The second-order valence-electron chi connectivity index (χ2n) is 5.25. The van der Waals surface area contributed by atoms with Gasteiger partial charge in [0.1, 0.15) is 5.69 Å². The number of aliphatic hydroxyl groups excluding tert-OH is 1. The SMILES string of the molecule is CC(C)n1cccc1C(=O)NC(C)(C)C(C)O. The first-order valence-electron chi connectivity index (χ1n) is 5.93. The summed E-state index contributed by atoms with van der Waals surface area (Å²) in [6.07, 6.45) is 1.28. The molecule has 96 valence electrons. The fourth-order valence-corrected chi connectivity index (χ4v) is 1.50. The van der Waals surface area contributed by atoms with Crippen molar-refractivity contribution in [1.82, 2.24) is 9.88 Å². The molecule has 0 spiro atoms. The van der Waals surface area contributed by atoms with Crippen molar-refractivity contribution in [3.8, 4) is 0 Å². The highest BCUT2D eigenvalue weighted by Gasteiger charge is 2.27. The molecule has 17 heavy (non-hydrogen) atoms.